The molecular formula is C19H29N3O. The van der Waals surface area contributed by atoms with Gasteiger partial charge in [-0.1, -0.05) is 29.8 Å². The van der Waals surface area contributed by atoms with Crippen molar-refractivity contribution in [3.8, 4) is 0 Å². The van der Waals surface area contributed by atoms with Gasteiger partial charge in [0, 0.05) is 19.1 Å². The summed E-state index contributed by atoms with van der Waals surface area (Å²) in [4.78, 5) is 17.2. The molecule has 1 aromatic carbocycles. The van der Waals surface area contributed by atoms with Crippen molar-refractivity contribution in [3.05, 3.63) is 35.4 Å². The first-order valence-electron chi connectivity index (χ1n) is 8.90. The first kappa shape index (κ1) is 16.3. The Bertz CT molecular complexity index is 516. The highest BCUT2D eigenvalue weighted by atomic mass is 16.2. The number of hydrogen-bond acceptors (Lipinski definition) is 2. The van der Waals surface area contributed by atoms with E-state index in [4.69, 9.17) is 0 Å². The Hall–Kier alpha value is -1.55. The van der Waals surface area contributed by atoms with Gasteiger partial charge in [0.15, 0.2) is 0 Å². The highest BCUT2D eigenvalue weighted by Crippen LogP contribution is 2.31. The zero-order valence-corrected chi connectivity index (χ0v) is 14.4. The molecule has 2 aliphatic rings. The fourth-order valence-corrected chi connectivity index (χ4v) is 3.27. The second-order valence-corrected chi connectivity index (χ2v) is 7.27. The number of carbonyl (C=O) groups excluding carboxylic acids is 1. The van der Waals surface area contributed by atoms with Crippen LogP contribution in [0.5, 0.6) is 0 Å². The molecule has 3 rings (SSSR count). The van der Waals surface area contributed by atoms with Gasteiger partial charge in [-0.25, -0.2) is 4.79 Å². The molecule has 0 radical (unpaired) electrons. The van der Waals surface area contributed by atoms with Gasteiger partial charge in [0.1, 0.15) is 0 Å². The number of rotatable bonds is 5. The van der Waals surface area contributed by atoms with Gasteiger partial charge in [-0.2, -0.15) is 0 Å². The lowest BCUT2D eigenvalue weighted by atomic mass is 10.0. The van der Waals surface area contributed by atoms with Gasteiger partial charge in [-0.3, -0.25) is 0 Å². The number of benzene rings is 1. The molecule has 4 nitrogen and oxygen atoms in total. The molecule has 1 saturated heterocycles. The quantitative estimate of drug-likeness (QED) is 0.906. The number of carbonyl (C=O) groups is 1. The van der Waals surface area contributed by atoms with Gasteiger partial charge >= 0.3 is 6.03 Å². The van der Waals surface area contributed by atoms with E-state index in [1.54, 1.807) is 0 Å². The molecule has 0 aromatic heterocycles. The predicted molar refractivity (Wildman–Crippen MR) is 93.4 cm³/mol. The summed E-state index contributed by atoms with van der Waals surface area (Å²) in [5, 5.41) is 3.13. The molecule has 0 unspecified atom stereocenters. The van der Waals surface area contributed by atoms with Crippen LogP contribution in [0.2, 0.25) is 0 Å². The van der Waals surface area contributed by atoms with Gasteiger partial charge in [-0.05, 0) is 64.2 Å². The summed E-state index contributed by atoms with van der Waals surface area (Å²) in [6.07, 6.45) is 4.77. The molecule has 1 N–H and O–H groups in total. The van der Waals surface area contributed by atoms with E-state index < -0.39 is 0 Å². The SMILES string of the molecule is Cc1ccc(CNC(=O)N(CC2CC2)C2CCN(C)CC2)cc1. The lowest BCUT2D eigenvalue weighted by molar-refractivity contribution is 0.128. The normalized spacial score (nSPS) is 19.6. The van der Waals surface area contributed by atoms with Crippen molar-refractivity contribution in [1.82, 2.24) is 15.1 Å². The molecule has 4 heteroatoms. The van der Waals surface area contributed by atoms with E-state index in [-0.39, 0.29) is 6.03 Å². The summed E-state index contributed by atoms with van der Waals surface area (Å²) < 4.78 is 0. The van der Waals surface area contributed by atoms with E-state index in [1.165, 1.54) is 24.0 Å². The summed E-state index contributed by atoms with van der Waals surface area (Å²) >= 11 is 0. The molecule has 0 atom stereocenters. The Morgan fingerprint density at radius 1 is 1.17 bits per heavy atom. The van der Waals surface area contributed by atoms with Gasteiger partial charge in [-0.15, -0.1) is 0 Å². The van der Waals surface area contributed by atoms with Gasteiger partial charge in [0.2, 0.25) is 0 Å². The summed E-state index contributed by atoms with van der Waals surface area (Å²) in [7, 11) is 2.17. The molecule has 1 aliphatic carbocycles. The van der Waals surface area contributed by atoms with Crippen LogP contribution in [0.15, 0.2) is 24.3 Å². The molecule has 0 spiro atoms. The van der Waals surface area contributed by atoms with E-state index in [9.17, 15) is 4.79 Å². The maximum absolute atomic E-state index is 12.7. The number of aryl methyl sites for hydroxylation is 1. The maximum atomic E-state index is 12.7. The van der Waals surface area contributed by atoms with Crippen molar-refractivity contribution in [2.45, 2.75) is 45.2 Å². The molecule has 1 heterocycles. The van der Waals surface area contributed by atoms with Crippen LogP contribution in [0.1, 0.15) is 36.8 Å². The Balaban J connectivity index is 1.57. The number of nitrogens with one attached hydrogen (secondary N) is 1. The number of piperidine rings is 1. The molecule has 23 heavy (non-hydrogen) atoms. The van der Waals surface area contributed by atoms with Crippen molar-refractivity contribution in [2.24, 2.45) is 5.92 Å². The number of urea groups is 1. The van der Waals surface area contributed by atoms with Crippen LogP contribution in [0.25, 0.3) is 0 Å². The molecule has 1 saturated carbocycles. The van der Waals surface area contributed by atoms with Crippen molar-refractivity contribution in [2.75, 3.05) is 26.7 Å². The third-order valence-electron chi connectivity index (χ3n) is 5.11. The second-order valence-electron chi connectivity index (χ2n) is 7.27. The summed E-state index contributed by atoms with van der Waals surface area (Å²) in [5.74, 6) is 0.736. The van der Waals surface area contributed by atoms with Crippen molar-refractivity contribution < 1.29 is 4.79 Å². The Kier molecular flexibility index (Phi) is 5.21. The van der Waals surface area contributed by atoms with Crippen LogP contribution in [-0.4, -0.2) is 48.6 Å². The summed E-state index contributed by atoms with van der Waals surface area (Å²) in [6, 6.07) is 8.91. The highest BCUT2D eigenvalue weighted by molar-refractivity contribution is 5.74. The number of amides is 2. The predicted octanol–water partition coefficient (Wildman–Crippen LogP) is 3.01. The molecule has 1 aliphatic heterocycles. The Morgan fingerprint density at radius 3 is 2.43 bits per heavy atom. The van der Waals surface area contributed by atoms with Gasteiger partial charge < -0.3 is 15.1 Å². The minimum Gasteiger partial charge on any atom is -0.334 e. The average Bonchev–Trinajstić information content (AvgIpc) is 3.37. The number of nitrogens with zero attached hydrogens (tertiary/aromatic N) is 2. The van der Waals surface area contributed by atoms with Crippen LogP contribution in [-0.2, 0) is 6.54 Å². The topological polar surface area (TPSA) is 35.6 Å². The fourth-order valence-electron chi connectivity index (χ4n) is 3.27. The largest absolute Gasteiger partial charge is 0.334 e. The third kappa shape index (κ3) is 4.71. The van der Waals surface area contributed by atoms with E-state index in [0.717, 1.165) is 38.4 Å². The maximum Gasteiger partial charge on any atom is 0.317 e. The van der Waals surface area contributed by atoms with Gasteiger partial charge in [0.25, 0.3) is 0 Å². The first-order valence-corrected chi connectivity index (χ1v) is 8.90. The molecular weight excluding hydrogens is 286 g/mol. The van der Waals surface area contributed by atoms with Crippen molar-refractivity contribution >= 4 is 6.03 Å². The van der Waals surface area contributed by atoms with E-state index in [0.29, 0.717) is 12.6 Å². The Labute approximate surface area is 139 Å². The second kappa shape index (κ2) is 7.35. The molecule has 1 aromatic rings. The minimum atomic E-state index is 0.118. The molecule has 126 valence electrons. The monoisotopic (exact) mass is 315 g/mol. The number of likely N-dealkylation sites (tertiary alicyclic amines) is 1. The average molecular weight is 315 g/mol. The van der Waals surface area contributed by atoms with E-state index in [1.807, 2.05) is 0 Å². The lowest BCUT2D eigenvalue weighted by Crippen LogP contribution is -2.50. The first-order chi connectivity index (χ1) is 11.1. The molecule has 2 amide bonds. The highest BCUT2D eigenvalue weighted by Gasteiger charge is 2.32. The van der Waals surface area contributed by atoms with Crippen LogP contribution < -0.4 is 5.32 Å². The smallest absolute Gasteiger partial charge is 0.317 e. The Morgan fingerprint density at radius 2 is 1.83 bits per heavy atom. The van der Waals surface area contributed by atoms with E-state index >= 15 is 0 Å². The van der Waals surface area contributed by atoms with Crippen LogP contribution in [0, 0.1) is 12.8 Å². The fraction of sp³-hybridized carbons (Fsp3) is 0.632. The van der Waals surface area contributed by atoms with E-state index in [2.05, 4.69) is 53.4 Å². The van der Waals surface area contributed by atoms with Crippen LogP contribution in [0.4, 0.5) is 4.79 Å². The zero-order valence-electron chi connectivity index (χ0n) is 14.4. The standard InChI is InChI=1S/C19H29N3O/c1-15-3-5-16(6-4-15)13-20-19(23)22(14-17-7-8-17)18-9-11-21(2)12-10-18/h3-6,17-18H,7-14H2,1-2H3,(H,20,23). The molecule has 0 bridgehead atoms. The molecule has 2 fully saturated rings. The lowest BCUT2D eigenvalue weighted by Gasteiger charge is -2.37. The summed E-state index contributed by atoms with van der Waals surface area (Å²) in [5.41, 5.74) is 2.42. The number of hydrogen-bond donors (Lipinski definition) is 1. The van der Waals surface area contributed by atoms with Crippen molar-refractivity contribution in [1.29, 1.82) is 0 Å². The van der Waals surface area contributed by atoms with Crippen molar-refractivity contribution in [3.63, 3.8) is 0 Å². The van der Waals surface area contributed by atoms with Crippen LogP contribution in [0.3, 0.4) is 0 Å². The summed E-state index contributed by atoms with van der Waals surface area (Å²) in [6.45, 7) is 5.83. The third-order valence-corrected chi connectivity index (χ3v) is 5.11. The minimum absolute atomic E-state index is 0.118. The van der Waals surface area contributed by atoms with Crippen LogP contribution >= 0.6 is 0 Å². The van der Waals surface area contributed by atoms with Gasteiger partial charge in [0.05, 0.1) is 0 Å². The zero-order chi connectivity index (χ0) is 16.2.